The highest BCUT2D eigenvalue weighted by Gasteiger charge is 1.73. The van der Waals surface area contributed by atoms with E-state index in [1.807, 2.05) is 0 Å². The molecule has 0 saturated heterocycles. The molecule has 10 heavy (non-hydrogen) atoms. The number of rotatable bonds is 1. The van der Waals surface area contributed by atoms with Crippen molar-refractivity contribution in [3.8, 4) is 0 Å². The van der Waals surface area contributed by atoms with Gasteiger partial charge in [-0.2, -0.15) is 0 Å². The van der Waals surface area contributed by atoms with E-state index < -0.39 is 0 Å². The minimum absolute atomic E-state index is 1.19. The van der Waals surface area contributed by atoms with Crippen molar-refractivity contribution in [2.75, 3.05) is 7.05 Å². The lowest BCUT2D eigenvalue weighted by Gasteiger charge is -1.85. The van der Waals surface area contributed by atoms with E-state index in [1.165, 1.54) is 18.3 Å². The Morgan fingerprint density at radius 3 is 2.00 bits per heavy atom. The van der Waals surface area contributed by atoms with E-state index in [2.05, 4.69) is 31.8 Å². The summed E-state index contributed by atoms with van der Waals surface area (Å²) in [6.45, 7) is 6.37. The van der Waals surface area contributed by atoms with Crippen molar-refractivity contribution < 1.29 is 0 Å². The molecule has 0 aromatic heterocycles. The van der Waals surface area contributed by atoms with E-state index in [0.29, 0.717) is 0 Å². The molecule has 0 aliphatic heterocycles. The van der Waals surface area contributed by atoms with Gasteiger partial charge >= 0.3 is 0 Å². The van der Waals surface area contributed by atoms with Crippen LogP contribution in [0.15, 0.2) is 16.6 Å². The number of nitrogens with two attached hydrogens (primary N) is 1. The predicted octanol–water partition coefficient (Wildman–Crippen LogP) is 1.97. The van der Waals surface area contributed by atoms with Gasteiger partial charge in [-0.15, -0.1) is 0 Å². The molecule has 0 saturated carbocycles. The summed E-state index contributed by atoms with van der Waals surface area (Å²) in [5.41, 5.74) is 6.20. The number of hydrogen-bond donors (Lipinski definition) is 1. The average Bonchev–Trinajstić information content (AvgIpc) is 2.03. The van der Waals surface area contributed by atoms with Crippen LogP contribution in [-0.2, 0) is 0 Å². The van der Waals surface area contributed by atoms with Gasteiger partial charge in [-0.25, -0.2) is 0 Å². The lowest BCUT2D eigenvalue weighted by Crippen LogP contribution is -1.84. The van der Waals surface area contributed by atoms with Crippen LogP contribution < -0.4 is 5.73 Å². The maximum Gasteiger partial charge on any atom is 0.0794 e. The third kappa shape index (κ3) is 15.7. The number of aliphatic imine (C=N–C) groups is 1. The second kappa shape index (κ2) is 11.1. The van der Waals surface area contributed by atoms with E-state index >= 15 is 0 Å². The Kier molecular flexibility index (Phi) is 13.2. The van der Waals surface area contributed by atoms with Crippen molar-refractivity contribution in [2.45, 2.75) is 27.2 Å². The summed E-state index contributed by atoms with van der Waals surface area (Å²) >= 11 is 0. The quantitative estimate of drug-likeness (QED) is 0.339. The first-order valence-electron chi connectivity index (χ1n) is 3.47. The molecule has 0 unspecified atom stereocenters. The van der Waals surface area contributed by atoms with Gasteiger partial charge in [0.2, 0.25) is 0 Å². The maximum absolute atomic E-state index is 4.74. The predicted molar refractivity (Wildman–Crippen MR) is 48.3 cm³/mol. The number of hydrogen-bond acceptors (Lipinski definition) is 1. The van der Waals surface area contributed by atoms with Crippen LogP contribution in [-0.4, -0.2) is 13.4 Å². The van der Waals surface area contributed by atoms with Crippen LogP contribution in [0, 0.1) is 0 Å². The van der Waals surface area contributed by atoms with Crippen LogP contribution in [0.5, 0.6) is 0 Å². The smallest absolute Gasteiger partial charge is 0.0794 e. The van der Waals surface area contributed by atoms with Gasteiger partial charge in [0.25, 0.3) is 0 Å². The SMILES string of the molecule is C/C=C(\C)CC.CN=CN. The second-order valence-corrected chi connectivity index (χ2v) is 1.90. The first kappa shape index (κ1) is 11.9. The first-order valence-corrected chi connectivity index (χ1v) is 3.47. The highest BCUT2D eigenvalue weighted by Crippen LogP contribution is 1.94. The van der Waals surface area contributed by atoms with Crippen LogP contribution >= 0.6 is 0 Å². The third-order valence-corrected chi connectivity index (χ3v) is 1.20. The summed E-state index contributed by atoms with van der Waals surface area (Å²) in [4.78, 5) is 3.39. The van der Waals surface area contributed by atoms with Gasteiger partial charge in [-0.1, -0.05) is 18.6 Å². The van der Waals surface area contributed by atoms with Crippen LogP contribution in [0.3, 0.4) is 0 Å². The standard InChI is InChI=1S/C6H12.C2H6N2/c1-4-6(3)5-2;1-4-2-3/h4H,5H2,1-3H3;2H,1H3,(H2,3,4)/b6-4+;. The van der Waals surface area contributed by atoms with Crippen molar-refractivity contribution >= 4 is 6.34 Å². The molecule has 0 amide bonds. The summed E-state index contributed by atoms with van der Waals surface area (Å²) in [6, 6.07) is 0. The molecule has 60 valence electrons. The minimum atomic E-state index is 1.19. The van der Waals surface area contributed by atoms with Crippen LogP contribution in [0.25, 0.3) is 0 Å². The zero-order chi connectivity index (χ0) is 8.41. The van der Waals surface area contributed by atoms with E-state index in [1.54, 1.807) is 7.05 Å². The van der Waals surface area contributed by atoms with Crippen LogP contribution in [0.2, 0.25) is 0 Å². The monoisotopic (exact) mass is 142 g/mol. The van der Waals surface area contributed by atoms with Crippen molar-refractivity contribution in [3.05, 3.63) is 11.6 Å². The molecule has 0 bridgehead atoms. The molecule has 0 aromatic carbocycles. The molecule has 0 fully saturated rings. The van der Waals surface area contributed by atoms with Gasteiger partial charge in [0.05, 0.1) is 6.34 Å². The van der Waals surface area contributed by atoms with Crippen molar-refractivity contribution in [2.24, 2.45) is 10.7 Å². The van der Waals surface area contributed by atoms with Gasteiger partial charge in [-0.3, -0.25) is 4.99 Å². The van der Waals surface area contributed by atoms with Crippen molar-refractivity contribution in [3.63, 3.8) is 0 Å². The first-order chi connectivity index (χ1) is 4.72. The molecule has 0 heterocycles. The Morgan fingerprint density at radius 2 is 2.00 bits per heavy atom. The molecular formula is C8H18N2. The Balaban J connectivity index is 0. The fourth-order valence-corrected chi connectivity index (χ4v) is 0.204. The zero-order valence-electron chi connectivity index (χ0n) is 7.39. The molecular weight excluding hydrogens is 124 g/mol. The minimum Gasteiger partial charge on any atom is -0.390 e. The Hall–Kier alpha value is -0.790. The van der Waals surface area contributed by atoms with Gasteiger partial charge in [0, 0.05) is 7.05 Å². The van der Waals surface area contributed by atoms with Crippen LogP contribution in [0.4, 0.5) is 0 Å². The topological polar surface area (TPSA) is 38.4 Å². The van der Waals surface area contributed by atoms with Crippen molar-refractivity contribution in [1.82, 2.24) is 0 Å². The highest BCUT2D eigenvalue weighted by atomic mass is 14.7. The molecule has 0 aromatic rings. The fraction of sp³-hybridized carbons (Fsp3) is 0.625. The largest absolute Gasteiger partial charge is 0.390 e. The molecule has 2 heteroatoms. The summed E-state index contributed by atoms with van der Waals surface area (Å²) in [7, 11) is 1.62. The van der Waals surface area contributed by atoms with E-state index in [0.717, 1.165) is 0 Å². The molecule has 0 rings (SSSR count). The Bertz CT molecular complexity index is 99.8. The van der Waals surface area contributed by atoms with Crippen molar-refractivity contribution in [1.29, 1.82) is 0 Å². The van der Waals surface area contributed by atoms with E-state index in [-0.39, 0.29) is 0 Å². The molecule has 2 N–H and O–H groups in total. The Labute approximate surface area is 63.8 Å². The van der Waals surface area contributed by atoms with Gasteiger partial charge in [0.1, 0.15) is 0 Å². The Morgan fingerprint density at radius 1 is 1.60 bits per heavy atom. The highest BCUT2D eigenvalue weighted by molar-refractivity contribution is 5.50. The maximum atomic E-state index is 4.74. The second-order valence-electron chi connectivity index (χ2n) is 1.90. The molecule has 0 atom stereocenters. The molecule has 0 radical (unpaired) electrons. The van der Waals surface area contributed by atoms with Crippen LogP contribution in [0.1, 0.15) is 27.2 Å². The zero-order valence-corrected chi connectivity index (χ0v) is 7.39. The lowest BCUT2D eigenvalue weighted by molar-refractivity contribution is 1.09. The molecule has 0 aliphatic rings. The molecule has 2 nitrogen and oxygen atoms in total. The fourth-order valence-electron chi connectivity index (χ4n) is 0.204. The normalized spacial score (nSPS) is 11.0. The summed E-state index contributed by atoms with van der Waals surface area (Å²) < 4.78 is 0. The number of allylic oxidation sites excluding steroid dienone is 2. The summed E-state index contributed by atoms with van der Waals surface area (Å²) in [5.74, 6) is 0. The lowest BCUT2D eigenvalue weighted by atomic mass is 10.2. The summed E-state index contributed by atoms with van der Waals surface area (Å²) in [6.07, 6.45) is 4.58. The van der Waals surface area contributed by atoms with Gasteiger partial charge < -0.3 is 5.73 Å². The summed E-state index contributed by atoms with van der Waals surface area (Å²) in [5, 5.41) is 0. The third-order valence-electron chi connectivity index (χ3n) is 1.20. The molecule has 0 spiro atoms. The number of nitrogens with zero attached hydrogens (tertiary/aromatic N) is 1. The molecule has 0 aliphatic carbocycles. The van der Waals surface area contributed by atoms with E-state index in [9.17, 15) is 0 Å². The average molecular weight is 142 g/mol. The van der Waals surface area contributed by atoms with E-state index in [4.69, 9.17) is 5.73 Å². The van der Waals surface area contributed by atoms with Gasteiger partial charge in [-0.05, 0) is 20.3 Å². The van der Waals surface area contributed by atoms with Gasteiger partial charge in [0.15, 0.2) is 0 Å².